The summed E-state index contributed by atoms with van der Waals surface area (Å²) in [4.78, 5) is 134. The predicted octanol–water partition coefficient (Wildman–Crippen LogP) is 3.84. The number of hydrogen-bond acceptors (Lipinski definition) is 15. The number of halogens is 2. The zero-order valence-electron chi connectivity index (χ0n) is 47.3. The van der Waals surface area contributed by atoms with Gasteiger partial charge >= 0.3 is 12.2 Å². The third-order valence-corrected chi connectivity index (χ3v) is 14.9. The van der Waals surface area contributed by atoms with Crippen LogP contribution in [0.4, 0.5) is 9.59 Å². The number of ether oxygens (including phenoxy) is 4. The van der Waals surface area contributed by atoms with Gasteiger partial charge in [-0.2, -0.15) is 0 Å². The Balaban J connectivity index is 1.16. The quantitative estimate of drug-likeness (QED) is 0.0186. The van der Waals surface area contributed by atoms with Crippen LogP contribution >= 0.6 is 27.5 Å². The molecule has 0 spiro atoms. The smallest absolute Gasteiger partial charge is 0.445 e. The Hall–Kier alpha value is -8.13. The Kier molecular flexibility index (Phi) is 28.0. The lowest BCUT2D eigenvalue weighted by atomic mass is 9.97. The van der Waals surface area contributed by atoms with Crippen LogP contribution in [-0.2, 0) is 78.8 Å². The van der Waals surface area contributed by atoms with Gasteiger partial charge in [0.15, 0.2) is 0 Å². The largest absolute Gasteiger partial charge is 0.514 e. The van der Waals surface area contributed by atoms with Gasteiger partial charge in [0.25, 0.3) is 0 Å². The molecular formula is C59H74BrClN10O14. The minimum atomic E-state index is -1.43. The topological polar surface area (TPSA) is 361 Å². The fraction of sp³-hybridized carbons (Fsp3) is 0.424. The monoisotopic (exact) mass is 1260 g/mol. The number of nitrogens with two attached hydrogens (primary N) is 3. The second-order valence-electron chi connectivity index (χ2n) is 20.2. The first-order chi connectivity index (χ1) is 40.7. The highest BCUT2D eigenvalue weighted by Crippen LogP contribution is 2.22. The molecule has 1 heterocycles. The SMILES string of the molecule is CC[C@H](C)[C@H](NC(=O)[C@@H](N)CCCCNC(=O)OCc1ccccc1Cl)C(=O)N[C@@H](COCc1ccccc1)C(=O)N1CCC[C@H]1C(=O)N[C@@H](CCC(N)=O)C(=O)NCC(=O)N[C@@H](Cc1ccc(OC(=O)OCc2ccccc2Br)cc1)C(N)=O. The predicted molar refractivity (Wildman–Crippen MR) is 315 cm³/mol. The number of nitrogens with one attached hydrogen (secondary N) is 6. The minimum absolute atomic E-state index is 0.00908. The molecule has 12 N–H and O–H groups in total. The molecule has 4 aromatic carbocycles. The summed E-state index contributed by atoms with van der Waals surface area (Å²) < 4.78 is 22.4. The van der Waals surface area contributed by atoms with Crippen LogP contribution in [-0.4, -0.2) is 127 Å². The summed E-state index contributed by atoms with van der Waals surface area (Å²) in [5.74, 6) is -6.49. The molecule has 0 unspecified atom stereocenters. The number of carbonyl (C=O) groups is 10. The van der Waals surface area contributed by atoms with Crippen molar-refractivity contribution in [1.29, 1.82) is 0 Å². The summed E-state index contributed by atoms with van der Waals surface area (Å²) in [6, 6.07) is 21.8. The molecule has 0 aromatic heterocycles. The number of nitrogens with zero attached hydrogens (tertiary/aromatic N) is 1. The normalized spacial score (nSPS) is 14.8. The number of amides is 9. The van der Waals surface area contributed by atoms with Gasteiger partial charge < -0.3 is 72.9 Å². The summed E-state index contributed by atoms with van der Waals surface area (Å²) in [5, 5.41) is 16.1. The standard InChI is InChI=1S/C59H74BrClN10O14/c1-3-36(2)51(70-53(75)44(62)20-11-12-28-65-58(80)83-34-40-17-8-10-19-43(40)61)56(78)69-47(35-82-32-38-14-5-4-6-15-38)57(79)71-29-13-21-48(71)55(77)68-45(26-27-49(63)72)54(76)66-31-50(73)67-46(52(64)74)30-37-22-24-41(25-23-37)85-59(81)84-33-39-16-7-9-18-42(39)60/h4-10,14-19,22-25,36,44-48,51H,3,11-13,20-21,26-35,62H2,1-2H3,(H2,63,72)(H2,64,74)(H,65,80)(H,66,76)(H,67,73)(H,68,77)(H,69,78)(H,70,75)/t36-,44-,45-,46-,47-,48-,51-/m0/s1. The molecule has 0 aliphatic carbocycles. The molecule has 0 saturated carbocycles. The number of hydrogen-bond donors (Lipinski definition) is 9. The molecule has 1 fully saturated rings. The number of benzene rings is 4. The second-order valence-corrected chi connectivity index (χ2v) is 21.5. The number of carbonyl (C=O) groups excluding carboxylic acids is 10. The zero-order chi connectivity index (χ0) is 61.8. The van der Waals surface area contributed by atoms with Crippen LogP contribution in [0.2, 0.25) is 5.02 Å². The number of alkyl carbamates (subject to hydrolysis) is 1. The van der Waals surface area contributed by atoms with E-state index in [0.717, 1.165) is 15.6 Å². The van der Waals surface area contributed by atoms with E-state index in [0.29, 0.717) is 41.8 Å². The van der Waals surface area contributed by atoms with Crippen LogP contribution in [0.5, 0.6) is 5.75 Å². The summed E-state index contributed by atoms with van der Waals surface area (Å²) >= 11 is 9.52. The summed E-state index contributed by atoms with van der Waals surface area (Å²) in [7, 11) is 0. The fourth-order valence-corrected chi connectivity index (χ4v) is 9.37. The first-order valence-electron chi connectivity index (χ1n) is 27.8. The van der Waals surface area contributed by atoms with Crippen molar-refractivity contribution in [3.63, 3.8) is 0 Å². The van der Waals surface area contributed by atoms with Crippen molar-refractivity contribution in [3.05, 3.63) is 135 Å². The van der Waals surface area contributed by atoms with Crippen molar-refractivity contribution >= 4 is 87.0 Å². The Morgan fingerprint density at radius 1 is 0.706 bits per heavy atom. The van der Waals surface area contributed by atoms with Gasteiger partial charge in [-0.1, -0.05) is 127 Å². The molecule has 24 nitrogen and oxygen atoms in total. The molecule has 1 saturated heterocycles. The molecule has 5 rings (SSSR count). The van der Waals surface area contributed by atoms with Crippen LogP contribution in [0, 0.1) is 5.92 Å². The summed E-state index contributed by atoms with van der Waals surface area (Å²) in [6.07, 6.45) is -0.249. The molecule has 1 aliphatic rings. The second kappa shape index (κ2) is 35.2. The van der Waals surface area contributed by atoms with Gasteiger partial charge in [0.2, 0.25) is 47.3 Å². The molecule has 1 aliphatic heterocycles. The third kappa shape index (κ3) is 23.1. The van der Waals surface area contributed by atoms with Crippen molar-refractivity contribution < 1.29 is 66.9 Å². The lowest BCUT2D eigenvalue weighted by molar-refractivity contribution is -0.144. The first-order valence-corrected chi connectivity index (χ1v) is 28.9. The van der Waals surface area contributed by atoms with E-state index in [1.807, 2.05) is 31.2 Å². The van der Waals surface area contributed by atoms with Crippen molar-refractivity contribution in [2.45, 2.75) is 128 Å². The Morgan fingerprint density at radius 3 is 2.07 bits per heavy atom. The van der Waals surface area contributed by atoms with E-state index >= 15 is 0 Å². The Labute approximate surface area is 506 Å². The molecule has 4 aromatic rings. The van der Waals surface area contributed by atoms with E-state index in [1.165, 1.54) is 17.0 Å². The van der Waals surface area contributed by atoms with Crippen LogP contribution in [0.15, 0.2) is 108 Å². The average molecular weight is 1260 g/mol. The molecule has 9 amide bonds. The molecule has 85 heavy (non-hydrogen) atoms. The van der Waals surface area contributed by atoms with E-state index in [9.17, 15) is 47.9 Å². The van der Waals surface area contributed by atoms with E-state index in [4.69, 9.17) is 47.7 Å². The Bertz CT molecular complexity index is 2930. The summed E-state index contributed by atoms with van der Waals surface area (Å²) in [6.45, 7) is 2.87. The van der Waals surface area contributed by atoms with Crippen LogP contribution < -0.4 is 53.8 Å². The van der Waals surface area contributed by atoms with Crippen molar-refractivity contribution in [1.82, 2.24) is 36.8 Å². The maximum Gasteiger partial charge on any atom is 0.514 e. The van der Waals surface area contributed by atoms with Gasteiger partial charge in [0, 0.05) is 46.6 Å². The lowest BCUT2D eigenvalue weighted by Gasteiger charge is -2.31. The molecular weight excluding hydrogens is 1190 g/mol. The molecule has 0 radical (unpaired) electrons. The van der Waals surface area contributed by atoms with Gasteiger partial charge in [0.1, 0.15) is 49.2 Å². The van der Waals surface area contributed by atoms with E-state index in [2.05, 4.69) is 47.8 Å². The molecule has 7 atom stereocenters. The maximum atomic E-state index is 14.6. The van der Waals surface area contributed by atoms with Crippen molar-refractivity contribution in [2.24, 2.45) is 23.1 Å². The number of rotatable bonds is 33. The minimum Gasteiger partial charge on any atom is -0.445 e. The van der Waals surface area contributed by atoms with Gasteiger partial charge in [-0.3, -0.25) is 38.4 Å². The van der Waals surface area contributed by atoms with Crippen LogP contribution in [0.25, 0.3) is 0 Å². The number of likely N-dealkylation sites (tertiary alicyclic amines) is 1. The van der Waals surface area contributed by atoms with Crippen molar-refractivity contribution in [3.8, 4) is 5.75 Å². The molecule has 458 valence electrons. The van der Waals surface area contributed by atoms with Gasteiger partial charge in [-0.15, -0.1) is 0 Å². The Morgan fingerprint density at radius 2 is 1.39 bits per heavy atom. The molecule has 26 heteroatoms. The van der Waals surface area contributed by atoms with Gasteiger partial charge in [0.05, 0.1) is 25.8 Å². The number of unbranched alkanes of at least 4 members (excludes halogenated alkanes) is 1. The lowest BCUT2D eigenvalue weighted by Crippen LogP contribution is -2.60. The highest BCUT2D eigenvalue weighted by molar-refractivity contribution is 9.10. The average Bonchev–Trinajstić information content (AvgIpc) is 4.19. The van der Waals surface area contributed by atoms with Gasteiger partial charge in [-0.25, -0.2) is 9.59 Å². The number of primary amides is 2. The van der Waals surface area contributed by atoms with Crippen LogP contribution in [0.1, 0.15) is 87.5 Å². The van der Waals surface area contributed by atoms with E-state index in [-0.39, 0.29) is 77.4 Å². The summed E-state index contributed by atoms with van der Waals surface area (Å²) in [5.41, 5.74) is 20.0. The third-order valence-electron chi connectivity index (χ3n) is 13.8. The van der Waals surface area contributed by atoms with Gasteiger partial charge in [-0.05, 0) is 79.8 Å². The zero-order valence-corrected chi connectivity index (χ0v) is 49.7. The highest BCUT2D eigenvalue weighted by Gasteiger charge is 2.40. The molecule has 0 bridgehead atoms. The van der Waals surface area contributed by atoms with Crippen LogP contribution in [0.3, 0.4) is 0 Å². The van der Waals surface area contributed by atoms with Crippen molar-refractivity contribution in [2.75, 3.05) is 26.2 Å². The van der Waals surface area contributed by atoms with E-state index < -0.39 is 108 Å². The first kappa shape index (κ1) is 67.7. The highest BCUT2D eigenvalue weighted by atomic mass is 79.9. The van der Waals surface area contributed by atoms with E-state index in [1.54, 1.807) is 73.7 Å². The maximum absolute atomic E-state index is 14.6. The fourth-order valence-electron chi connectivity index (χ4n) is 8.78.